The van der Waals surface area contributed by atoms with Gasteiger partial charge in [-0.25, -0.2) is 13.2 Å². The Morgan fingerprint density at radius 1 is 1.10 bits per heavy atom. The Kier molecular flexibility index (Phi) is 6.94. The Bertz CT molecular complexity index is 1210. The van der Waals surface area contributed by atoms with Gasteiger partial charge in [-0.1, -0.05) is 30.3 Å². The number of oxazole rings is 1. The van der Waals surface area contributed by atoms with Crippen LogP contribution in [0.2, 0.25) is 0 Å². The molecule has 0 saturated carbocycles. The van der Waals surface area contributed by atoms with Gasteiger partial charge >= 0.3 is 11.7 Å². The highest BCUT2D eigenvalue weighted by Crippen LogP contribution is 2.23. The number of carbonyl (C=O) groups is 1. The fraction of sp³-hybridized carbons (Fsp3) is 0.333. The first-order chi connectivity index (χ1) is 14.7. The highest BCUT2D eigenvalue weighted by Gasteiger charge is 2.26. The number of nitrogens with zero attached hydrogens (tertiary/aromatic N) is 3. The summed E-state index contributed by atoms with van der Waals surface area (Å²) in [5, 5.41) is 0. The number of likely N-dealkylation sites (N-methyl/N-ethyl adjacent to an activating group) is 1. The van der Waals surface area contributed by atoms with Crippen LogP contribution in [0.5, 0.6) is 0 Å². The SMILES string of the molecule is COC(=O)Cn1c(=O)oc2cc(S(=O)(=O)N(CCN(C)C)Cc3ccccc3)ccc21. The fourth-order valence-corrected chi connectivity index (χ4v) is 4.52. The van der Waals surface area contributed by atoms with Gasteiger partial charge in [-0.2, -0.15) is 4.31 Å². The second kappa shape index (κ2) is 9.46. The van der Waals surface area contributed by atoms with Crippen molar-refractivity contribution in [3.05, 3.63) is 64.6 Å². The van der Waals surface area contributed by atoms with Crippen LogP contribution in [-0.4, -0.2) is 62.5 Å². The van der Waals surface area contributed by atoms with Gasteiger partial charge in [0.05, 0.1) is 17.5 Å². The Labute approximate surface area is 180 Å². The lowest BCUT2D eigenvalue weighted by atomic mass is 10.2. The van der Waals surface area contributed by atoms with E-state index < -0.39 is 21.7 Å². The highest BCUT2D eigenvalue weighted by atomic mass is 32.2. The second-order valence-electron chi connectivity index (χ2n) is 7.29. The Morgan fingerprint density at radius 2 is 1.81 bits per heavy atom. The van der Waals surface area contributed by atoms with Crippen molar-refractivity contribution in [1.29, 1.82) is 0 Å². The molecule has 0 atom stereocenters. The number of fused-ring (bicyclic) bond motifs is 1. The minimum Gasteiger partial charge on any atom is -0.468 e. The fourth-order valence-electron chi connectivity index (χ4n) is 3.08. The molecule has 0 amide bonds. The summed E-state index contributed by atoms with van der Waals surface area (Å²) >= 11 is 0. The number of sulfonamides is 1. The molecule has 0 radical (unpaired) electrons. The molecule has 31 heavy (non-hydrogen) atoms. The van der Waals surface area contributed by atoms with Crippen molar-refractivity contribution in [3.63, 3.8) is 0 Å². The molecular formula is C21H25N3O6S. The van der Waals surface area contributed by atoms with Gasteiger partial charge in [0.25, 0.3) is 0 Å². The first-order valence-corrected chi connectivity index (χ1v) is 11.1. The molecule has 3 aromatic rings. The predicted octanol–water partition coefficient (Wildman–Crippen LogP) is 1.52. The quantitative estimate of drug-likeness (QED) is 0.458. The number of benzene rings is 2. The van der Waals surface area contributed by atoms with Gasteiger partial charge in [0.15, 0.2) is 5.58 Å². The summed E-state index contributed by atoms with van der Waals surface area (Å²) in [4.78, 5) is 25.6. The Hall–Kier alpha value is -2.95. The molecule has 0 fully saturated rings. The van der Waals surface area contributed by atoms with Crippen molar-refractivity contribution in [3.8, 4) is 0 Å². The van der Waals surface area contributed by atoms with E-state index in [9.17, 15) is 18.0 Å². The lowest BCUT2D eigenvalue weighted by Gasteiger charge is -2.24. The third kappa shape index (κ3) is 5.22. The van der Waals surface area contributed by atoms with Gasteiger partial charge in [0.2, 0.25) is 10.0 Å². The van der Waals surface area contributed by atoms with Crippen molar-refractivity contribution < 1.29 is 22.4 Å². The lowest BCUT2D eigenvalue weighted by molar-refractivity contribution is -0.141. The van der Waals surface area contributed by atoms with Gasteiger partial charge < -0.3 is 14.1 Å². The summed E-state index contributed by atoms with van der Waals surface area (Å²) in [6, 6.07) is 13.5. The van der Waals surface area contributed by atoms with Crippen molar-refractivity contribution in [2.24, 2.45) is 0 Å². The number of carbonyl (C=O) groups excluding carboxylic acids is 1. The number of hydrogen-bond acceptors (Lipinski definition) is 7. The van der Waals surface area contributed by atoms with E-state index in [1.807, 2.05) is 49.3 Å². The average Bonchev–Trinajstić information content (AvgIpc) is 3.05. The molecule has 2 aromatic carbocycles. The standard InChI is InChI=1S/C21H25N3O6S/c1-22(2)11-12-23(14-16-7-5-4-6-8-16)31(27,28)17-9-10-18-19(13-17)30-21(26)24(18)15-20(25)29-3/h4-10,13H,11-12,14-15H2,1-3H3. The third-order valence-electron chi connectivity index (χ3n) is 4.79. The van der Waals surface area contributed by atoms with E-state index >= 15 is 0 Å². The van der Waals surface area contributed by atoms with Gasteiger partial charge in [-0.15, -0.1) is 0 Å². The normalized spacial score (nSPS) is 12.0. The van der Waals surface area contributed by atoms with E-state index in [4.69, 9.17) is 4.42 Å². The second-order valence-corrected chi connectivity index (χ2v) is 9.23. The molecule has 3 rings (SSSR count). The average molecular weight is 448 g/mol. The van der Waals surface area contributed by atoms with Crippen LogP contribution in [-0.2, 0) is 32.6 Å². The van der Waals surface area contributed by atoms with Crippen molar-refractivity contribution >= 4 is 27.1 Å². The van der Waals surface area contributed by atoms with E-state index in [0.29, 0.717) is 12.1 Å². The highest BCUT2D eigenvalue weighted by molar-refractivity contribution is 7.89. The smallest absolute Gasteiger partial charge is 0.420 e. The van der Waals surface area contributed by atoms with Crippen LogP contribution in [0.15, 0.2) is 62.6 Å². The number of aromatic nitrogens is 1. The number of esters is 1. The van der Waals surface area contributed by atoms with E-state index in [1.165, 1.54) is 29.6 Å². The van der Waals surface area contributed by atoms with E-state index in [2.05, 4.69) is 4.74 Å². The maximum absolute atomic E-state index is 13.4. The maximum Gasteiger partial charge on any atom is 0.420 e. The summed E-state index contributed by atoms with van der Waals surface area (Å²) in [5.41, 5.74) is 1.26. The Balaban J connectivity index is 1.98. The van der Waals surface area contributed by atoms with Gasteiger partial charge in [-0.05, 0) is 31.8 Å². The molecule has 0 spiro atoms. The van der Waals surface area contributed by atoms with Crippen LogP contribution in [0.1, 0.15) is 5.56 Å². The zero-order valence-electron chi connectivity index (χ0n) is 17.6. The number of rotatable bonds is 9. The molecule has 1 aromatic heterocycles. The molecule has 0 aliphatic rings. The molecule has 0 unspecified atom stereocenters. The topological polar surface area (TPSA) is 102 Å². The zero-order chi connectivity index (χ0) is 22.6. The van der Waals surface area contributed by atoms with Gasteiger partial charge in [0, 0.05) is 25.7 Å². The molecule has 0 N–H and O–H groups in total. The summed E-state index contributed by atoms with van der Waals surface area (Å²) in [7, 11) is 1.09. The monoisotopic (exact) mass is 447 g/mol. The number of ether oxygens (including phenoxy) is 1. The lowest BCUT2D eigenvalue weighted by Crippen LogP contribution is -2.36. The molecule has 0 aliphatic heterocycles. The van der Waals surface area contributed by atoms with Crippen LogP contribution in [0, 0.1) is 0 Å². The molecule has 10 heteroatoms. The van der Waals surface area contributed by atoms with Crippen LogP contribution in [0.4, 0.5) is 0 Å². The van der Waals surface area contributed by atoms with Crippen LogP contribution < -0.4 is 5.76 Å². The molecule has 0 aliphatic carbocycles. The van der Waals surface area contributed by atoms with Gasteiger partial charge in [0.1, 0.15) is 6.54 Å². The van der Waals surface area contributed by atoms with Gasteiger partial charge in [-0.3, -0.25) is 9.36 Å². The van der Waals surface area contributed by atoms with Crippen LogP contribution in [0.3, 0.4) is 0 Å². The largest absolute Gasteiger partial charge is 0.468 e. The van der Waals surface area contributed by atoms with Crippen LogP contribution in [0.25, 0.3) is 11.1 Å². The van der Waals surface area contributed by atoms with E-state index in [1.54, 1.807) is 0 Å². The third-order valence-corrected chi connectivity index (χ3v) is 6.63. The summed E-state index contributed by atoms with van der Waals surface area (Å²) in [5.74, 6) is -1.37. The van der Waals surface area contributed by atoms with Crippen molar-refractivity contribution in [1.82, 2.24) is 13.8 Å². The van der Waals surface area contributed by atoms with E-state index in [0.717, 1.165) is 10.1 Å². The zero-order valence-corrected chi connectivity index (χ0v) is 18.5. The first kappa shape index (κ1) is 22.7. The Morgan fingerprint density at radius 3 is 2.45 bits per heavy atom. The van der Waals surface area contributed by atoms with E-state index in [-0.39, 0.29) is 30.1 Å². The van der Waals surface area contributed by atoms with Crippen molar-refractivity contribution in [2.75, 3.05) is 34.3 Å². The molecule has 9 nitrogen and oxygen atoms in total. The van der Waals surface area contributed by atoms with Crippen molar-refractivity contribution in [2.45, 2.75) is 18.0 Å². The summed E-state index contributed by atoms with van der Waals surface area (Å²) in [6.45, 7) is 0.716. The molecule has 1 heterocycles. The molecular weight excluding hydrogens is 422 g/mol. The summed E-state index contributed by atoms with van der Waals surface area (Å²) in [6.07, 6.45) is 0. The predicted molar refractivity (Wildman–Crippen MR) is 115 cm³/mol. The number of hydrogen-bond donors (Lipinski definition) is 0. The van der Waals surface area contributed by atoms with Crippen LogP contribution >= 0.6 is 0 Å². The maximum atomic E-state index is 13.4. The molecule has 166 valence electrons. The first-order valence-electron chi connectivity index (χ1n) is 9.61. The summed E-state index contributed by atoms with van der Waals surface area (Å²) < 4.78 is 39.1. The minimum absolute atomic E-state index is 0.00801. The molecule has 0 bridgehead atoms. The molecule has 0 saturated heterocycles. The minimum atomic E-state index is -3.87. The number of methoxy groups -OCH3 is 1.